The molecule has 0 aliphatic carbocycles. The first-order valence-electron chi connectivity index (χ1n) is 13.0. The number of aromatic nitrogens is 3. The number of methoxy groups -OCH3 is 1. The molecule has 0 bridgehead atoms. The van der Waals surface area contributed by atoms with Crippen LogP contribution in [-0.2, 0) is 13.0 Å². The van der Waals surface area contributed by atoms with E-state index in [9.17, 15) is 0 Å². The molecule has 9 nitrogen and oxygen atoms in total. The zero-order valence-corrected chi connectivity index (χ0v) is 24.1. The molecule has 42 heavy (non-hydrogen) atoms. The molecule has 4 aromatic carbocycles. The molecule has 0 saturated heterocycles. The number of nitrogens with one attached hydrogen (secondary N) is 3. The first-order chi connectivity index (χ1) is 20.6. The first kappa shape index (κ1) is 28.7. The van der Waals surface area contributed by atoms with Gasteiger partial charge in [0.15, 0.2) is 11.5 Å². The number of ether oxygens (including phenoxy) is 2. The van der Waals surface area contributed by atoms with Crippen LogP contribution >= 0.6 is 23.2 Å². The van der Waals surface area contributed by atoms with E-state index < -0.39 is 0 Å². The van der Waals surface area contributed by atoms with Gasteiger partial charge in [-0.15, -0.1) is 0 Å². The Morgan fingerprint density at radius 3 is 2.00 bits per heavy atom. The average molecular weight is 601 g/mol. The molecule has 0 atom stereocenters. The molecule has 3 N–H and O–H groups in total. The lowest BCUT2D eigenvalue weighted by Crippen LogP contribution is -2.07. The molecule has 0 unspecified atom stereocenters. The summed E-state index contributed by atoms with van der Waals surface area (Å²) in [4.78, 5) is 13.4. The fourth-order valence-electron chi connectivity index (χ4n) is 3.85. The van der Waals surface area contributed by atoms with E-state index in [1.165, 1.54) is 0 Å². The predicted octanol–water partition coefficient (Wildman–Crippen LogP) is 7.89. The highest BCUT2D eigenvalue weighted by Gasteiger charge is 2.09. The normalized spacial score (nSPS) is 10.8. The minimum absolute atomic E-state index is 0.278. The number of para-hydroxylation sites is 2. The van der Waals surface area contributed by atoms with Crippen molar-refractivity contribution in [1.29, 1.82) is 0 Å². The lowest BCUT2D eigenvalue weighted by atomic mass is 10.1. The molecule has 0 aliphatic rings. The van der Waals surface area contributed by atoms with E-state index in [-0.39, 0.29) is 12.6 Å². The number of hydrazone groups is 1. The van der Waals surface area contributed by atoms with Crippen LogP contribution in [-0.4, -0.2) is 28.3 Å². The van der Waals surface area contributed by atoms with Crippen LogP contribution in [0.1, 0.15) is 11.1 Å². The van der Waals surface area contributed by atoms with Crippen molar-refractivity contribution in [3.8, 4) is 11.5 Å². The van der Waals surface area contributed by atoms with Crippen molar-refractivity contribution in [3.05, 3.63) is 118 Å². The summed E-state index contributed by atoms with van der Waals surface area (Å²) < 4.78 is 11.5. The highest BCUT2D eigenvalue weighted by Crippen LogP contribution is 2.30. The molecule has 212 valence electrons. The van der Waals surface area contributed by atoms with Crippen molar-refractivity contribution in [2.45, 2.75) is 13.0 Å². The fraction of sp³-hybridized carbons (Fsp3) is 0.0968. The Balaban J connectivity index is 1.24. The van der Waals surface area contributed by atoms with E-state index in [1.807, 2.05) is 84.9 Å². The van der Waals surface area contributed by atoms with Gasteiger partial charge in [0, 0.05) is 39.6 Å². The third-order valence-corrected chi connectivity index (χ3v) is 6.49. The van der Waals surface area contributed by atoms with Crippen LogP contribution in [0.25, 0.3) is 0 Å². The topological polar surface area (TPSA) is 106 Å². The van der Waals surface area contributed by atoms with Gasteiger partial charge in [0.1, 0.15) is 6.61 Å². The van der Waals surface area contributed by atoms with Crippen molar-refractivity contribution in [1.82, 2.24) is 15.0 Å². The lowest BCUT2D eigenvalue weighted by molar-refractivity contribution is 0.284. The summed E-state index contributed by atoms with van der Waals surface area (Å²) >= 11 is 12.2. The molecule has 5 aromatic rings. The lowest BCUT2D eigenvalue weighted by Gasteiger charge is -2.12. The molecule has 0 fully saturated rings. The largest absolute Gasteiger partial charge is 0.493 e. The highest BCUT2D eigenvalue weighted by molar-refractivity contribution is 6.35. The van der Waals surface area contributed by atoms with Crippen LogP contribution < -0.4 is 25.5 Å². The van der Waals surface area contributed by atoms with Crippen molar-refractivity contribution < 1.29 is 9.47 Å². The Morgan fingerprint density at radius 2 is 1.38 bits per heavy atom. The van der Waals surface area contributed by atoms with Crippen LogP contribution in [0.3, 0.4) is 0 Å². The van der Waals surface area contributed by atoms with Gasteiger partial charge in [-0.25, -0.2) is 5.43 Å². The summed E-state index contributed by atoms with van der Waals surface area (Å²) in [6.45, 7) is 0.283. The number of hydrogen-bond donors (Lipinski definition) is 3. The quantitative estimate of drug-likeness (QED) is 0.0981. The third-order valence-electron chi connectivity index (χ3n) is 5.90. The molecule has 0 spiro atoms. The fourth-order valence-corrected chi connectivity index (χ4v) is 4.31. The Bertz CT molecular complexity index is 1600. The van der Waals surface area contributed by atoms with Gasteiger partial charge in [0.25, 0.3) is 0 Å². The number of anilines is 5. The summed E-state index contributed by atoms with van der Waals surface area (Å²) in [7, 11) is 1.60. The molecular weight excluding hydrogens is 573 g/mol. The SMILES string of the molecule is COc1cc(C/C=N\Nc2nc(Nc3ccccc3)nc(Nc3ccccc3)n2)ccc1OCc1ccc(Cl)cc1Cl. The molecule has 11 heteroatoms. The zero-order chi connectivity index (χ0) is 29.1. The molecule has 0 aliphatic heterocycles. The van der Waals surface area contributed by atoms with Gasteiger partial charge in [0.2, 0.25) is 17.8 Å². The van der Waals surface area contributed by atoms with Gasteiger partial charge in [-0.05, 0) is 54.1 Å². The van der Waals surface area contributed by atoms with Gasteiger partial charge in [-0.2, -0.15) is 20.1 Å². The van der Waals surface area contributed by atoms with Crippen LogP contribution in [0.15, 0.2) is 102 Å². The summed E-state index contributed by atoms with van der Waals surface area (Å²) in [5.74, 6) is 2.22. The molecule has 1 aromatic heterocycles. The maximum Gasteiger partial charge on any atom is 0.250 e. The standard InChI is InChI=1S/C31H27Cl2N7O2/c1-41-28-18-21(12-15-27(28)42-20-22-13-14-23(32)19-26(22)33)16-17-34-40-31-38-29(35-24-8-4-2-5-9-24)37-30(39-31)36-25-10-6-3-7-11-25/h2-15,17-19H,16,20H2,1H3,(H3,35,36,37,38,39,40)/b34-17-. The van der Waals surface area contributed by atoms with Gasteiger partial charge in [0.05, 0.1) is 7.11 Å². The average Bonchev–Trinajstić information content (AvgIpc) is 3.00. The van der Waals surface area contributed by atoms with Crippen molar-refractivity contribution in [3.63, 3.8) is 0 Å². The minimum atomic E-state index is 0.278. The smallest absolute Gasteiger partial charge is 0.250 e. The number of rotatable bonds is 12. The molecule has 5 rings (SSSR count). The Kier molecular flexibility index (Phi) is 9.66. The molecule has 0 amide bonds. The maximum absolute atomic E-state index is 6.26. The van der Waals surface area contributed by atoms with Crippen LogP contribution in [0.4, 0.5) is 29.2 Å². The summed E-state index contributed by atoms with van der Waals surface area (Å²) in [6.07, 6.45) is 2.25. The predicted molar refractivity (Wildman–Crippen MR) is 169 cm³/mol. The third kappa shape index (κ3) is 8.09. The van der Waals surface area contributed by atoms with E-state index >= 15 is 0 Å². The Morgan fingerprint density at radius 1 is 0.738 bits per heavy atom. The van der Waals surface area contributed by atoms with E-state index in [4.69, 9.17) is 32.7 Å². The van der Waals surface area contributed by atoms with Gasteiger partial charge in [-0.3, -0.25) is 0 Å². The Hall–Kier alpha value is -4.86. The van der Waals surface area contributed by atoms with Gasteiger partial charge >= 0.3 is 0 Å². The van der Waals surface area contributed by atoms with Crippen molar-refractivity contribution in [2.75, 3.05) is 23.2 Å². The van der Waals surface area contributed by atoms with Crippen molar-refractivity contribution in [2.24, 2.45) is 5.10 Å². The molecular formula is C31H27Cl2N7O2. The van der Waals surface area contributed by atoms with E-state index in [0.717, 1.165) is 22.5 Å². The zero-order valence-electron chi connectivity index (χ0n) is 22.6. The van der Waals surface area contributed by atoms with Crippen LogP contribution in [0.2, 0.25) is 10.0 Å². The number of halogens is 2. The summed E-state index contributed by atoms with van der Waals surface area (Å²) in [5.41, 5.74) is 6.40. The van der Waals surface area contributed by atoms with E-state index in [1.54, 1.807) is 25.5 Å². The second-order valence-corrected chi connectivity index (χ2v) is 9.77. The van der Waals surface area contributed by atoms with Crippen LogP contribution in [0.5, 0.6) is 11.5 Å². The minimum Gasteiger partial charge on any atom is -0.493 e. The van der Waals surface area contributed by atoms with Crippen molar-refractivity contribution >= 4 is 58.6 Å². The second kappa shape index (κ2) is 14.2. The van der Waals surface area contributed by atoms with Crippen LogP contribution in [0, 0.1) is 0 Å². The van der Waals surface area contributed by atoms with Gasteiger partial charge < -0.3 is 20.1 Å². The number of benzene rings is 4. The van der Waals surface area contributed by atoms with Gasteiger partial charge in [-0.1, -0.05) is 71.7 Å². The molecule has 1 heterocycles. The van der Waals surface area contributed by atoms with E-state index in [2.05, 4.69) is 36.1 Å². The summed E-state index contributed by atoms with van der Waals surface area (Å²) in [6, 6.07) is 30.3. The second-order valence-electron chi connectivity index (χ2n) is 8.93. The number of nitrogens with zero attached hydrogens (tertiary/aromatic N) is 4. The first-order valence-corrected chi connectivity index (χ1v) is 13.7. The molecule has 0 radical (unpaired) electrons. The highest BCUT2D eigenvalue weighted by atomic mass is 35.5. The van der Waals surface area contributed by atoms with E-state index in [0.29, 0.717) is 39.9 Å². The number of hydrogen-bond acceptors (Lipinski definition) is 9. The Labute approximate surface area is 253 Å². The molecule has 0 saturated carbocycles. The maximum atomic E-state index is 6.26. The summed E-state index contributed by atoms with van der Waals surface area (Å²) in [5, 5.41) is 11.8. The monoisotopic (exact) mass is 599 g/mol.